The molecule has 1 aliphatic heterocycles. The van der Waals surface area contributed by atoms with E-state index in [2.05, 4.69) is 21.2 Å². The third-order valence-electron chi connectivity index (χ3n) is 5.06. The molecule has 1 saturated heterocycles. The molecule has 144 valence electrons. The molecule has 1 N–H and O–H groups in total. The lowest BCUT2D eigenvalue weighted by Crippen LogP contribution is -2.53. The summed E-state index contributed by atoms with van der Waals surface area (Å²) in [5, 5.41) is 3.78. The number of hydrogen-bond acceptors (Lipinski definition) is 4. The van der Waals surface area contributed by atoms with Gasteiger partial charge in [-0.1, -0.05) is 35.9 Å². The topological polar surface area (TPSA) is 44.8 Å². The Balaban J connectivity index is 1.51. The Morgan fingerprint density at radius 2 is 1.89 bits per heavy atom. The van der Waals surface area contributed by atoms with E-state index in [1.165, 1.54) is 0 Å². The number of methoxy groups -OCH3 is 1. The van der Waals surface area contributed by atoms with Gasteiger partial charge >= 0.3 is 0 Å². The fraction of sp³-hybridized carbons (Fsp3) is 0.381. The van der Waals surface area contributed by atoms with E-state index >= 15 is 0 Å². The first-order valence-electron chi connectivity index (χ1n) is 9.22. The first-order valence-corrected chi connectivity index (χ1v) is 9.60. The Morgan fingerprint density at radius 1 is 1.15 bits per heavy atom. The highest BCUT2D eigenvalue weighted by molar-refractivity contribution is 6.30. The number of halogens is 1. The van der Waals surface area contributed by atoms with Gasteiger partial charge in [0.15, 0.2) is 0 Å². The largest absolute Gasteiger partial charge is 0.496 e. The van der Waals surface area contributed by atoms with Crippen molar-refractivity contribution in [1.82, 2.24) is 10.2 Å². The van der Waals surface area contributed by atoms with Crippen molar-refractivity contribution in [2.45, 2.75) is 19.5 Å². The molecule has 3 rings (SSSR count). The van der Waals surface area contributed by atoms with E-state index in [9.17, 15) is 4.79 Å². The van der Waals surface area contributed by atoms with Crippen LogP contribution in [0, 0.1) is 0 Å². The maximum atomic E-state index is 12.6. The summed E-state index contributed by atoms with van der Waals surface area (Å²) in [5.74, 6) is 0.831. The van der Waals surface area contributed by atoms with E-state index in [4.69, 9.17) is 16.3 Å². The molecule has 1 atom stereocenters. The number of benzene rings is 2. The van der Waals surface area contributed by atoms with Gasteiger partial charge in [-0.05, 0) is 31.2 Å². The predicted molar refractivity (Wildman–Crippen MR) is 110 cm³/mol. The number of rotatable bonds is 6. The van der Waals surface area contributed by atoms with E-state index in [1.807, 2.05) is 49.4 Å². The van der Waals surface area contributed by atoms with Gasteiger partial charge in [0.2, 0.25) is 5.91 Å². The smallest absolute Gasteiger partial charge is 0.237 e. The van der Waals surface area contributed by atoms with Crippen molar-refractivity contribution in [2.75, 3.05) is 38.2 Å². The van der Waals surface area contributed by atoms with E-state index < -0.39 is 0 Å². The van der Waals surface area contributed by atoms with Crippen molar-refractivity contribution in [2.24, 2.45) is 0 Å². The first kappa shape index (κ1) is 19.5. The van der Waals surface area contributed by atoms with Gasteiger partial charge in [-0.3, -0.25) is 9.69 Å². The Labute approximate surface area is 165 Å². The number of carbonyl (C=O) groups is 1. The number of para-hydroxylation sites is 1. The summed E-state index contributed by atoms with van der Waals surface area (Å²) < 4.78 is 5.34. The molecular weight excluding hydrogens is 362 g/mol. The maximum absolute atomic E-state index is 12.6. The van der Waals surface area contributed by atoms with Crippen molar-refractivity contribution in [1.29, 1.82) is 0 Å². The van der Waals surface area contributed by atoms with Crippen molar-refractivity contribution in [3.63, 3.8) is 0 Å². The number of ether oxygens (including phenoxy) is 1. The van der Waals surface area contributed by atoms with E-state index in [-0.39, 0.29) is 11.9 Å². The fourth-order valence-corrected chi connectivity index (χ4v) is 3.57. The van der Waals surface area contributed by atoms with Crippen LogP contribution in [0.15, 0.2) is 48.5 Å². The van der Waals surface area contributed by atoms with Crippen molar-refractivity contribution in [3.8, 4) is 5.75 Å². The number of anilines is 1. The van der Waals surface area contributed by atoms with Gasteiger partial charge in [0.25, 0.3) is 0 Å². The van der Waals surface area contributed by atoms with Crippen LogP contribution in [-0.4, -0.2) is 50.1 Å². The van der Waals surface area contributed by atoms with E-state index in [0.29, 0.717) is 6.54 Å². The highest BCUT2D eigenvalue weighted by Crippen LogP contribution is 2.21. The Kier molecular flexibility index (Phi) is 6.58. The molecule has 0 spiro atoms. The molecule has 0 saturated carbocycles. The van der Waals surface area contributed by atoms with Gasteiger partial charge in [0.1, 0.15) is 5.75 Å². The van der Waals surface area contributed by atoms with Gasteiger partial charge in [-0.15, -0.1) is 0 Å². The number of nitrogens with one attached hydrogen (secondary N) is 1. The van der Waals surface area contributed by atoms with Crippen molar-refractivity contribution in [3.05, 3.63) is 59.1 Å². The first-order chi connectivity index (χ1) is 13.1. The summed E-state index contributed by atoms with van der Waals surface area (Å²) in [4.78, 5) is 17.1. The van der Waals surface area contributed by atoms with Crippen LogP contribution in [0.3, 0.4) is 0 Å². The Bertz CT molecular complexity index is 776. The van der Waals surface area contributed by atoms with Crippen LogP contribution in [0.25, 0.3) is 0 Å². The Morgan fingerprint density at radius 3 is 2.59 bits per heavy atom. The fourth-order valence-electron chi connectivity index (χ4n) is 3.39. The zero-order valence-corrected chi connectivity index (χ0v) is 16.6. The van der Waals surface area contributed by atoms with Crippen molar-refractivity contribution < 1.29 is 9.53 Å². The van der Waals surface area contributed by atoms with E-state index in [1.54, 1.807) is 7.11 Å². The molecule has 0 bridgehead atoms. The minimum Gasteiger partial charge on any atom is -0.496 e. The molecule has 1 heterocycles. The molecular formula is C21H26ClN3O2. The van der Waals surface area contributed by atoms with Crippen LogP contribution in [0.4, 0.5) is 5.69 Å². The number of carbonyl (C=O) groups excluding carboxylic acids is 1. The van der Waals surface area contributed by atoms with Crippen LogP contribution in [0.2, 0.25) is 5.02 Å². The van der Waals surface area contributed by atoms with E-state index in [0.717, 1.165) is 48.2 Å². The average Bonchev–Trinajstić information content (AvgIpc) is 2.71. The molecule has 1 fully saturated rings. The zero-order valence-electron chi connectivity index (χ0n) is 15.8. The summed E-state index contributed by atoms with van der Waals surface area (Å²) in [6.07, 6.45) is 0. The highest BCUT2D eigenvalue weighted by atomic mass is 35.5. The number of hydrogen-bond donors (Lipinski definition) is 1. The molecule has 2 aromatic rings. The summed E-state index contributed by atoms with van der Waals surface area (Å²) in [6.45, 7) is 5.88. The maximum Gasteiger partial charge on any atom is 0.237 e. The van der Waals surface area contributed by atoms with Gasteiger partial charge < -0.3 is 15.0 Å². The SMILES string of the molecule is COc1ccccc1CNC(=O)C(C)N1CCN(c2cccc(Cl)c2)CC1. The quantitative estimate of drug-likeness (QED) is 0.826. The number of nitrogens with zero attached hydrogens (tertiary/aromatic N) is 2. The summed E-state index contributed by atoms with van der Waals surface area (Å²) in [6, 6.07) is 15.5. The number of amides is 1. The monoisotopic (exact) mass is 387 g/mol. The van der Waals surface area contributed by atoms with Crippen LogP contribution < -0.4 is 15.0 Å². The second-order valence-corrected chi connectivity index (χ2v) is 7.14. The molecule has 1 amide bonds. The molecule has 27 heavy (non-hydrogen) atoms. The molecule has 2 aromatic carbocycles. The van der Waals surface area contributed by atoms with Gasteiger partial charge in [-0.2, -0.15) is 0 Å². The number of piperazine rings is 1. The van der Waals surface area contributed by atoms with Crippen molar-refractivity contribution >= 4 is 23.2 Å². The minimum absolute atomic E-state index is 0.0390. The van der Waals surface area contributed by atoms with Crippen LogP contribution in [-0.2, 0) is 11.3 Å². The van der Waals surface area contributed by atoms with Crippen LogP contribution in [0.5, 0.6) is 5.75 Å². The minimum atomic E-state index is -0.166. The van der Waals surface area contributed by atoms with Gasteiger partial charge in [0.05, 0.1) is 13.2 Å². The molecule has 1 aliphatic rings. The van der Waals surface area contributed by atoms with Gasteiger partial charge in [0, 0.05) is 49.0 Å². The molecule has 0 aliphatic carbocycles. The Hall–Kier alpha value is -2.24. The molecule has 0 aromatic heterocycles. The molecule has 1 unspecified atom stereocenters. The lowest BCUT2D eigenvalue weighted by atomic mass is 10.1. The third-order valence-corrected chi connectivity index (χ3v) is 5.30. The van der Waals surface area contributed by atoms with Crippen LogP contribution >= 0.6 is 11.6 Å². The lowest BCUT2D eigenvalue weighted by molar-refractivity contribution is -0.126. The normalized spacial score (nSPS) is 16.0. The second kappa shape index (κ2) is 9.11. The predicted octanol–water partition coefficient (Wildman–Crippen LogP) is 3.18. The summed E-state index contributed by atoms with van der Waals surface area (Å²) in [7, 11) is 1.64. The molecule has 5 nitrogen and oxygen atoms in total. The third kappa shape index (κ3) is 4.93. The molecule has 6 heteroatoms. The lowest BCUT2D eigenvalue weighted by Gasteiger charge is -2.38. The average molecular weight is 388 g/mol. The second-order valence-electron chi connectivity index (χ2n) is 6.71. The van der Waals surface area contributed by atoms with Gasteiger partial charge in [-0.25, -0.2) is 0 Å². The summed E-state index contributed by atoms with van der Waals surface area (Å²) >= 11 is 6.09. The summed E-state index contributed by atoms with van der Waals surface area (Å²) in [5.41, 5.74) is 2.11. The van der Waals surface area contributed by atoms with Crippen LogP contribution in [0.1, 0.15) is 12.5 Å². The highest BCUT2D eigenvalue weighted by Gasteiger charge is 2.25. The molecule has 0 radical (unpaired) electrons. The standard InChI is InChI=1S/C21H26ClN3O2/c1-16(21(26)23-15-17-6-3-4-9-20(17)27-2)24-10-12-25(13-11-24)19-8-5-7-18(22)14-19/h3-9,14,16H,10-13,15H2,1-2H3,(H,23,26). The zero-order chi connectivity index (χ0) is 19.2.